The molecule has 0 aliphatic carbocycles. The molecular weight excluding hydrogens is 294 g/mol. The van der Waals surface area contributed by atoms with E-state index in [0.717, 1.165) is 24.1 Å². The summed E-state index contributed by atoms with van der Waals surface area (Å²) in [4.78, 5) is 1.69. The lowest BCUT2D eigenvalue weighted by molar-refractivity contribution is 0.285. The number of aliphatic hydroxyl groups excluding tert-OH is 1. The first-order valence-corrected chi connectivity index (χ1v) is 9.28. The van der Waals surface area contributed by atoms with Gasteiger partial charge in [0.05, 0.1) is 11.5 Å². The van der Waals surface area contributed by atoms with Crippen LogP contribution in [-0.4, -0.2) is 19.6 Å². The summed E-state index contributed by atoms with van der Waals surface area (Å²) >= 11 is 1.32. The van der Waals surface area contributed by atoms with Crippen molar-refractivity contribution in [2.75, 3.05) is 0 Å². The normalized spacial score (nSPS) is 13.9. The van der Waals surface area contributed by atoms with Crippen LogP contribution in [0.1, 0.15) is 49.8 Å². The molecule has 1 aromatic heterocycles. The van der Waals surface area contributed by atoms with E-state index < -0.39 is 10.0 Å². The zero-order chi connectivity index (χ0) is 15.3. The molecule has 2 N–H and O–H groups in total. The van der Waals surface area contributed by atoms with Gasteiger partial charge < -0.3 is 5.11 Å². The third-order valence-corrected chi connectivity index (χ3v) is 6.02. The van der Waals surface area contributed by atoms with Crippen molar-refractivity contribution in [2.24, 2.45) is 5.92 Å². The maximum Gasteiger partial charge on any atom is 0.241 e. The van der Waals surface area contributed by atoms with E-state index in [2.05, 4.69) is 18.6 Å². The third-order valence-electron chi connectivity index (χ3n) is 3.14. The summed E-state index contributed by atoms with van der Waals surface area (Å²) in [5, 5.41) is 9.09. The van der Waals surface area contributed by atoms with Gasteiger partial charge in [0.2, 0.25) is 10.0 Å². The van der Waals surface area contributed by atoms with Crippen molar-refractivity contribution in [1.29, 1.82) is 0 Å². The lowest BCUT2D eigenvalue weighted by Gasteiger charge is -2.14. The topological polar surface area (TPSA) is 66.4 Å². The van der Waals surface area contributed by atoms with E-state index in [1.54, 1.807) is 13.0 Å². The van der Waals surface area contributed by atoms with Gasteiger partial charge in [-0.3, -0.25) is 0 Å². The van der Waals surface area contributed by atoms with Crippen molar-refractivity contribution in [3.05, 3.63) is 15.8 Å². The van der Waals surface area contributed by atoms with Gasteiger partial charge in [0.1, 0.15) is 0 Å². The number of hydrogen-bond donors (Lipinski definition) is 2. The Kier molecular flexibility index (Phi) is 6.64. The second kappa shape index (κ2) is 7.54. The van der Waals surface area contributed by atoms with E-state index in [4.69, 9.17) is 5.11 Å². The van der Waals surface area contributed by atoms with Crippen LogP contribution in [0.3, 0.4) is 0 Å². The number of sulfonamides is 1. The maximum absolute atomic E-state index is 12.3. The summed E-state index contributed by atoms with van der Waals surface area (Å²) in [5.74, 6) is 0.644. The van der Waals surface area contributed by atoms with E-state index >= 15 is 0 Å². The highest BCUT2D eigenvalue weighted by Gasteiger charge is 2.21. The Morgan fingerprint density at radius 1 is 1.30 bits per heavy atom. The van der Waals surface area contributed by atoms with E-state index in [9.17, 15) is 8.42 Å². The molecule has 1 rings (SSSR count). The summed E-state index contributed by atoms with van der Waals surface area (Å²) in [5.41, 5.74) is 0. The summed E-state index contributed by atoms with van der Waals surface area (Å²) < 4.78 is 27.3. The molecule has 0 spiro atoms. The third kappa shape index (κ3) is 5.16. The van der Waals surface area contributed by atoms with Crippen molar-refractivity contribution in [1.82, 2.24) is 4.72 Å². The number of aryl methyl sites for hydroxylation is 1. The molecule has 4 nitrogen and oxygen atoms in total. The van der Waals surface area contributed by atoms with Gasteiger partial charge >= 0.3 is 0 Å². The second-order valence-electron chi connectivity index (χ2n) is 5.64. The minimum atomic E-state index is -3.48. The van der Waals surface area contributed by atoms with Gasteiger partial charge in [0.15, 0.2) is 0 Å². The molecule has 116 valence electrons. The van der Waals surface area contributed by atoms with Crippen molar-refractivity contribution < 1.29 is 13.5 Å². The monoisotopic (exact) mass is 319 g/mol. The van der Waals surface area contributed by atoms with Gasteiger partial charge in [-0.15, -0.1) is 11.3 Å². The quantitative estimate of drug-likeness (QED) is 0.774. The second-order valence-corrected chi connectivity index (χ2v) is 8.66. The van der Waals surface area contributed by atoms with Gasteiger partial charge in [-0.2, -0.15) is 0 Å². The zero-order valence-corrected chi connectivity index (χ0v) is 14.3. The molecule has 0 fully saturated rings. The first-order chi connectivity index (χ1) is 9.26. The van der Waals surface area contributed by atoms with Gasteiger partial charge in [0, 0.05) is 15.8 Å². The molecule has 1 heterocycles. The van der Waals surface area contributed by atoms with Crippen molar-refractivity contribution >= 4 is 21.4 Å². The van der Waals surface area contributed by atoms with Crippen LogP contribution in [-0.2, 0) is 16.6 Å². The molecule has 1 atom stereocenters. The van der Waals surface area contributed by atoms with Crippen LogP contribution in [0.25, 0.3) is 0 Å². The van der Waals surface area contributed by atoms with Crippen LogP contribution < -0.4 is 4.72 Å². The number of rotatable bonds is 8. The highest BCUT2D eigenvalue weighted by molar-refractivity contribution is 7.89. The minimum Gasteiger partial charge on any atom is -0.391 e. The molecule has 0 saturated carbocycles. The van der Waals surface area contributed by atoms with Crippen molar-refractivity contribution in [2.45, 2.75) is 64.5 Å². The van der Waals surface area contributed by atoms with Gasteiger partial charge in [-0.05, 0) is 32.3 Å². The van der Waals surface area contributed by atoms with E-state index in [-0.39, 0.29) is 12.6 Å². The van der Waals surface area contributed by atoms with E-state index in [0.29, 0.717) is 15.7 Å². The van der Waals surface area contributed by atoms with Gasteiger partial charge in [-0.25, -0.2) is 13.1 Å². The molecule has 0 saturated heterocycles. The van der Waals surface area contributed by atoms with Crippen LogP contribution in [0.2, 0.25) is 0 Å². The fraction of sp³-hybridized carbons (Fsp3) is 0.714. The fourth-order valence-corrected chi connectivity index (χ4v) is 4.86. The molecular formula is C14H25NO3S2. The van der Waals surface area contributed by atoms with Crippen molar-refractivity contribution in [3.8, 4) is 0 Å². The summed E-state index contributed by atoms with van der Waals surface area (Å²) in [6.45, 7) is 7.87. The summed E-state index contributed by atoms with van der Waals surface area (Å²) in [6.07, 6.45) is 2.97. The first-order valence-electron chi connectivity index (χ1n) is 6.98. The number of hydrogen-bond acceptors (Lipinski definition) is 4. The highest BCUT2D eigenvalue weighted by Crippen LogP contribution is 2.26. The predicted molar refractivity (Wildman–Crippen MR) is 83.5 cm³/mol. The number of nitrogens with one attached hydrogen (secondary N) is 1. The average Bonchev–Trinajstić information content (AvgIpc) is 2.70. The smallest absolute Gasteiger partial charge is 0.241 e. The molecule has 0 aliphatic rings. The lowest BCUT2D eigenvalue weighted by atomic mass is 10.0. The molecule has 0 aliphatic heterocycles. The lowest BCUT2D eigenvalue weighted by Crippen LogP contribution is -2.32. The molecule has 1 aromatic rings. The molecule has 0 bridgehead atoms. The van der Waals surface area contributed by atoms with Gasteiger partial charge in [-0.1, -0.05) is 26.7 Å². The Morgan fingerprint density at radius 3 is 2.45 bits per heavy atom. The zero-order valence-electron chi connectivity index (χ0n) is 12.6. The number of thiophene rings is 1. The maximum atomic E-state index is 12.3. The molecule has 0 amide bonds. The molecule has 0 radical (unpaired) electrons. The highest BCUT2D eigenvalue weighted by atomic mass is 32.2. The van der Waals surface area contributed by atoms with Crippen LogP contribution >= 0.6 is 11.3 Å². The average molecular weight is 319 g/mol. The van der Waals surface area contributed by atoms with Crippen LogP contribution in [0.15, 0.2) is 11.0 Å². The number of aliphatic hydroxyl groups is 1. The van der Waals surface area contributed by atoms with Crippen LogP contribution in [0, 0.1) is 12.8 Å². The molecule has 6 heteroatoms. The summed E-state index contributed by atoms with van der Waals surface area (Å²) in [7, 11) is -3.48. The van der Waals surface area contributed by atoms with E-state index in [1.807, 2.05) is 6.92 Å². The van der Waals surface area contributed by atoms with Crippen LogP contribution in [0.4, 0.5) is 0 Å². The Hall–Kier alpha value is -0.430. The minimum absolute atomic E-state index is 0.0735. The van der Waals surface area contributed by atoms with Crippen molar-refractivity contribution in [3.63, 3.8) is 0 Å². The predicted octanol–water partition coefficient (Wildman–Crippen LogP) is 3.04. The largest absolute Gasteiger partial charge is 0.391 e. The Morgan fingerprint density at radius 2 is 1.95 bits per heavy atom. The summed E-state index contributed by atoms with van der Waals surface area (Å²) in [6, 6.07) is 1.49. The van der Waals surface area contributed by atoms with Crippen LogP contribution in [0.5, 0.6) is 0 Å². The molecule has 20 heavy (non-hydrogen) atoms. The van der Waals surface area contributed by atoms with Gasteiger partial charge in [0.25, 0.3) is 0 Å². The Balaban J connectivity index is 2.66. The fourth-order valence-electron chi connectivity index (χ4n) is 2.09. The molecule has 1 unspecified atom stereocenters. The van der Waals surface area contributed by atoms with E-state index in [1.165, 1.54) is 11.3 Å². The Labute approximate surface area is 126 Å². The SMILES string of the molecule is Cc1sc(CO)cc1S(=O)(=O)NC(C)CCCC(C)C. The Bertz CT molecular complexity index is 521. The molecule has 0 aromatic carbocycles. The standard InChI is InChI=1S/C14H25NO3S2/c1-10(2)6-5-7-11(3)15-20(17,18)14-8-13(9-16)19-12(14)4/h8,10-11,15-16H,5-7,9H2,1-4H3. The first kappa shape index (κ1) is 17.6.